The number of hydrogen-bond donors (Lipinski definition) is 0. The van der Waals surface area contributed by atoms with Gasteiger partial charge in [0.2, 0.25) is 0 Å². The van der Waals surface area contributed by atoms with Crippen molar-refractivity contribution in [3.05, 3.63) is 71.1 Å². The van der Waals surface area contributed by atoms with Crippen LogP contribution in [0.2, 0.25) is 0 Å². The highest BCUT2D eigenvalue weighted by Gasteiger charge is 2.34. The summed E-state index contributed by atoms with van der Waals surface area (Å²) in [5.41, 5.74) is 6.35. The van der Waals surface area contributed by atoms with Gasteiger partial charge in [-0.1, -0.05) is 36.4 Å². The van der Waals surface area contributed by atoms with E-state index in [9.17, 15) is 0 Å². The molecule has 2 bridgehead atoms. The first kappa shape index (κ1) is 15.6. The Labute approximate surface area is 144 Å². The van der Waals surface area contributed by atoms with E-state index in [1.165, 1.54) is 16.7 Å². The first-order valence-corrected chi connectivity index (χ1v) is 8.73. The third-order valence-corrected chi connectivity index (χ3v) is 5.00. The second-order valence-corrected chi connectivity index (χ2v) is 6.95. The van der Waals surface area contributed by atoms with Crippen LogP contribution < -0.4 is 0 Å². The summed E-state index contributed by atoms with van der Waals surface area (Å²) >= 11 is 0. The highest BCUT2D eigenvalue weighted by molar-refractivity contribution is 5.68. The van der Waals surface area contributed by atoms with Gasteiger partial charge in [0.1, 0.15) is 0 Å². The van der Waals surface area contributed by atoms with E-state index in [4.69, 9.17) is 4.74 Å². The lowest BCUT2D eigenvalue weighted by Crippen LogP contribution is -2.53. The molecule has 0 aliphatic carbocycles. The lowest BCUT2D eigenvalue weighted by molar-refractivity contribution is -0.0402. The summed E-state index contributed by atoms with van der Waals surface area (Å²) in [6.07, 6.45) is 3.46. The van der Waals surface area contributed by atoms with Gasteiger partial charge in [-0.05, 0) is 49.1 Å². The number of aryl methyl sites for hydroxylation is 2. The van der Waals surface area contributed by atoms with Crippen molar-refractivity contribution in [3.8, 4) is 0 Å². The fourth-order valence-electron chi connectivity index (χ4n) is 3.94. The van der Waals surface area contributed by atoms with Crippen LogP contribution in [-0.4, -0.2) is 35.2 Å². The average Bonchev–Trinajstić information content (AvgIpc) is 2.54. The number of fused-ring (bicyclic) bond motifs is 2. The number of hydrogen-bond acceptors (Lipinski definition) is 3. The first-order chi connectivity index (χ1) is 11.7. The SMILES string of the molecule is Cc1cc(C2=CC3COCC(C2)N3Cc2ccccc2)cc(C)n1. The van der Waals surface area contributed by atoms with Gasteiger partial charge in [-0.2, -0.15) is 0 Å². The van der Waals surface area contributed by atoms with E-state index in [0.29, 0.717) is 12.1 Å². The Kier molecular flexibility index (Phi) is 4.21. The van der Waals surface area contributed by atoms with Crippen molar-refractivity contribution in [2.75, 3.05) is 13.2 Å². The van der Waals surface area contributed by atoms with Gasteiger partial charge in [-0.15, -0.1) is 0 Å². The van der Waals surface area contributed by atoms with Crippen LogP contribution in [0.1, 0.15) is 28.9 Å². The molecule has 0 N–H and O–H groups in total. The zero-order valence-corrected chi connectivity index (χ0v) is 14.4. The van der Waals surface area contributed by atoms with Crippen LogP contribution in [0.3, 0.4) is 0 Å². The largest absolute Gasteiger partial charge is 0.378 e. The zero-order chi connectivity index (χ0) is 16.5. The summed E-state index contributed by atoms with van der Waals surface area (Å²) in [6.45, 7) is 6.76. The number of rotatable bonds is 3. The van der Waals surface area contributed by atoms with E-state index < -0.39 is 0 Å². The molecule has 3 heteroatoms. The third kappa shape index (κ3) is 3.14. The maximum absolute atomic E-state index is 5.84. The highest BCUT2D eigenvalue weighted by atomic mass is 16.5. The van der Waals surface area contributed by atoms with Gasteiger partial charge in [0.25, 0.3) is 0 Å². The monoisotopic (exact) mass is 320 g/mol. The van der Waals surface area contributed by atoms with Crippen molar-refractivity contribution in [3.63, 3.8) is 0 Å². The Morgan fingerprint density at radius 2 is 1.83 bits per heavy atom. The van der Waals surface area contributed by atoms with E-state index in [1.54, 1.807) is 0 Å². The maximum atomic E-state index is 5.84. The standard InChI is InChI=1S/C21H24N2O/c1-15-8-18(9-16(2)22-15)19-10-20-13-24-14-21(11-19)23(20)12-17-6-4-3-5-7-17/h3-10,20-21H,11-14H2,1-2H3. The van der Waals surface area contributed by atoms with Crippen LogP contribution in [0.25, 0.3) is 5.57 Å². The van der Waals surface area contributed by atoms with Gasteiger partial charge in [0, 0.05) is 24.0 Å². The van der Waals surface area contributed by atoms with Crippen molar-refractivity contribution in [1.29, 1.82) is 0 Å². The molecular weight excluding hydrogens is 296 g/mol. The zero-order valence-electron chi connectivity index (χ0n) is 14.4. The number of ether oxygens (including phenoxy) is 1. The summed E-state index contributed by atoms with van der Waals surface area (Å²) in [6, 6.07) is 16.0. The molecule has 2 aliphatic rings. The second-order valence-electron chi connectivity index (χ2n) is 6.95. The number of aromatic nitrogens is 1. The molecule has 124 valence electrons. The Bertz CT molecular complexity index is 733. The highest BCUT2D eigenvalue weighted by Crippen LogP contribution is 2.33. The molecular formula is C21H24N2O. The van der Waals surface area contributed by atoms with E-state index in [-0.39, 0.29) is 0 Å². The van der Waals surface area contributed by atoms with Crippen molar-refractivity contribution >= 4 is 5.57 Å². The molecule has 3 heterocycles. The normalized spacial score (nSPS) is 23.8. The summed E-state index contributed by atoms with van der Waals surface area (Å²) in [7, 11) is 0. The van der Waals surface area contributed by atoms with Gasteiger partial charge < -0.3 is 4.74 Å². The van der Waals surface area contributed by atoms with Gasteiger partial charge >= 0.3 is 0 Å². The van der Waals surface area contributed by atoms with Crippen LogP contribution in [-0.2, 0) is 11.3 Å². The van der Waals surface area contributed by atoms with E-state index >= 15 is 0 Å². The molecule has 1 saturated heterocycles. The van der Waals surface area contributed by atoms with E-state index in [2.05, 4.69) is 72.3 Å². The van der Waals surface area contributed by atoms with Gasteiger partial charge in [-0.25, -0.2) is 0 Å². The van der Waals surface area contributed by atoms with Crippen molar-refractivity contribution in [2.45, 2.75) is 38.9 Å². The molecule has 1 aromatic carbocycles. The van der Waals surface area contributed by atoms with Crippen LogP contribution in [0.4, 0.5) is 0 Å². The molecule has 24 heavy (non-hydrogen) atoms. The van der Waals surface area contributed by atoms with Crippen LogP contribution in [0.5, 0.6) is 0 Å². The maximum Gasteiger partial charge on any atom is 0.0658 e. The fourth-order valence-corrected chi connectivity index (χ4v) is 3.94. The molecule has 0 spiro atoms. The van der Waals surface area contributed by atoms with Crippen molar-refractivity contribution in [2.24, 2.45) is 0 Å². The molecule has 2 atom stereocenters. The molecule has 2 aliphatic heterocycles. The second kappa shape index (κ2) is 6.50. The van der Waals surface area contributed by atoms with E-state index in [1.807, 2.05) is 0 Å². The van der Waals surface area contributed by atoms with Crippen molar-refractivity contribution in [1.82, 2.24) is 9.88 Å². The van der Waals surface area contributed by atoms with Gasteiger partial charge in [0.15, 0.2) is 0 Å². The van der Waals surface area contributed by atoms with Crippen LogP contribution >= 0.6 is 0 Å². The molecule has 1 aromatic heterocycles. The minimum absolute atomic E-state index is 0.362. The fraction of sp³-hybridized carbons (Fsp3) is 0.381. The lowest BCUT2D eigenvalue weighted by atomic mass is 9.89. The molecule has 4 rings (SSSR count). The summed E-state index contributed by atoms with van der Waals surface area (Å²) in [4.78, 5) is 7.11. The number of benzene rings is 1. The van der Waals surface area contributed by atoms with Gasteiger partial charge in [-0.3, -0.25) is 9.88 Å². The topological polar surface area (TPSA) is 25.4 Å². The van der Waals surface area contributed by atoms with Crippen LogP contribution in [0, 0.1) is 13.8 Å². The first-order valence-electron chi connectivity index (χ1n) is 8.73. The summed E-state index contributed by atoms with van der Waals surface area (Å²) in [5.74, 6) is 0. The van der Waals surface area contributed by atoms with Gasteiger partial charge in [0.05, 0.1) is 19.3 Å². The average molecular weight is 320 g/mol. The summed E-state index contributed by atoms with van der Waals surface area (Å²) < 4.78 is 5.84. The predicted molar refractivity (Wildman–Crippen MR) is 96.7 cm³/mol. The predicted octanol–water partition coefficient (Wildman–Crippen LogP) is 3.76. The molecule has 0 amide bonds. The minimum atomic E-state index is 0.362. The van der Waals surface area contributed by atoms with E-state index in [0.717, 1.165) is 37.6 Å². The molecule has 3 nitrogen and oxygen atoms in total. The number of pyridine rings is 1. The number of nitrogens with zero attached hydrogens (tertiary/aromatic N) is 2. The minimum Gasteiger partial charge on any atom is -0.378 e. The third-order valence-electron chi connectivity index (χ3n) is 5.00. The smallest absolute Gasteiger partial charge is 0.0658 e. The van der Waals surface area contributed by atoms with Crippen LogP contribution in [0.15, 0.2) is 48.5 Å². The summed E-state index contributed by atoms with van der Waals surface area (Å²) in [5, 5.41) is 0. The molecule has 0 saturated carbocycles. The molecule has 0 radical (unpaired) electrons. The lowest BCUT2D eigenvalue weighted by Gasteiger charge is -2.45. The Morgan fingerprint density at radius 1 is 1.08 bits per heavy atom. The molecule has 2 aromatic rings. The van der Waals surface area contributed by atoms with Crippen molar-refractivity contribution < 1.29 is 4.74 Å². The Morgan fingerprint density at radius 3 is 2.54 bits per heavy atom. The number of morpholine rings is 1. The Hall–Kier alpha value is -1.97. The molecule has 2 unspecified atom stereocenters. The molecule has 1 fully saturated rings. The quantitative estimate of drug-likeness (QED) is 0.861. The Balaban J connectivity index is 1.62.